The number of hydrogen-bond acceptors (Lipinski definition) is 4. The molecular weight excluding hydrogens is 368 g/mol. The van der Waals surface area contributed by atoms with Crippen molar-refractivity contribution in [3.05, 3.63) is 70.9 Å². The van der Waals surface area contributed by atoms with Crippen molar-refractivity contribution < 1.29 is 9.53 Å². The molecule has 1 amide bonds. The molecule has 0 unspecified atom stereocenters. The Morgan fingerprint density at radius 2 is 2.00 bits per heavy atom. The highest BCUT2D eigenvalue weighted by Crippen LogP contribution is 2.21. The number of carbonyl (C=O) groups is 1. The van der Waals surface area contributed by atoms with Gasteiger partial charge in [0.2, 0.25) is 5.91 Å². The molecule has 0 spiro atoms. The summed E-state index contributed by atoms with van der Waals surface area (Å²) in [7, 11) is 3.55. The average molecular weight is 390 g/mol. The van der Waals surface area contributed by atoms with E-state index < -0.39 is 0 Å². The molecule has 29 heavy (non-hydrogen) atoms. The summed E-state index contributed by atoms with van der Waals surface area (Å²) in [5.41, 5.74) is 3.06. The smallest absolute Gasteiger partial charge is 0.261 e. The van der Waals surface area contributed by atoms with Crippen LogP contribution in [0.2, 0.25) is 0 Å². The van der Waals surface area contributed by atoms with Gasteiger partial charge in [-0.2, -0.15) is 0 Å². The molecule has 4 rings (SSSR count). The maximum atomic E-state index is 12.7. The van der Waals surface area contributed by atoms with Crippen LogP contribution in [0.25, 0.3) is 21.8 Å². The topological polar surface area (TPSA) is 78.2 Å². The van der Waals surface area contributed by atoms with Crippen LogP contribution in [-0.4, -0.2) is 33.7 Å². The van der Waals surface area contributed by atoms with Gasteiger partial charge in [-0.15, -0.1) is 0 Å². The number of benzene rings is 2. The number of carbonyl (C=O) groups excluding carboxylic acids is 1. The molecule has 0 aliphatic heterocycles. The molecule has 0 radical (unpaired) electrons. The van der Waals surface area contributed by atoms with Gasteiger partial charge in [0.15, 0.2) is 0 Å². The standard InChI is InChI=1S/C22H22N4O3/c1-25-13-15(17-5-3-4-6-20(17)25)11-21(27)24-16-7-8-19-18(12-16)22(28)26(14-23-19)9-10-29-2/h3-8,12-14H,9-11H2,1-2H3,(H,24,27). The number of anilines is 1. The van der Waals surface area contributed by atoms with Crippen LogP contribution in [0.4, 0.5) is 5.69 Å². The Balaban J connectivity index is 1.57. The zero-order valence-corrected chi connectivity index (χ0v) is 16.4. The maximum Gasteiger partial charge on any atom is 0.261 e. The number of ether oxygens (including phenoxy) is 1. The van der Waals surface area contributed by atoms with E-state index in [4.69, 9.17) is 4.74 Å². The Kier molecular flexibility index (Phi) is 5.14. The molecule has 0 atom stereocenters. The van der Waals surface area contributed by atoms with E-state index in [9.17, 15) is 9.59 Å². The second kappa shape index (κ2) is 7.89. The van der Waals surface area contributed by atoms with E-state index in [1.165, 1.54) is 10.9 Å². The Morgan fingerprint density at radius 3 is 2.83 bits per heavy atom. The number of aryl methyl sites for hydroxylation is 1. The minimum Gasteiger partial charge on any atom is -0.383 e. The van der Waals surface area contributed by atoms with Crippen LogP contribution >= 0.6 is 0 Å². The lowest BCUT2D eigenvalue weighted by Gasteiger charge is -2.08. The van der Waals surface area contributed by atoms with Crippen LogP contribution in [0, 0.1) is 0 Å². The van der Waals surface area contributed by atoms with Crippen molar-refractivity contribution in [3.63, 3.8) is 0 Å². The predicted octanol–water partition coefficient (Wildman–Crippen LogP) is 2.72. The molecule has 1 N–H and O–H groups in total. The molecule has 0 bridgehead atoms. The first-order valence-corrected chi connectivity index (χ1v) is 9.38. The van der Waals surface area contributed by atoms with Crippen molar-refractivity contribution in [1.82, 2.24) is 14.1 Å². The van der Waals surface area contributed by atoms with Crippen LogP contribution < -0.4 is 10.9 Å². The third-order valence-electron chi connectivity index (χ3n) is 4.97. The average Bonchev–Trinajstić information content (AvgIpc) is 3.03. The summed E-state index contributed by atoms with van der Waals surface area (Å²) in [6, 6.07) is 13.2. The summed E-state index contributed by atoms with van der Waals surface area (Å²) >= 11 is 0. The monoisotopic (exact) mass is 390 g/mol. The number of para-hydroxylation sites is 1. The van der Waals surface area contributed by atoms with Gasteiger partial charge >= 0.3 is 0 Å². The highest BCUT2D eigenvalue weighted by Gasteiger charge is 2.12. The van der Waals surface area contributed by atoms with Crippen molar-refractivity contribution in [2.45, 2.75) is 13.0 Å². The van der Waals surface area contributed by atoms with Gasteiger partial charge in [-0.25, -0.2) is 4.98 Å². The fourth-order valence-electron chi connectivity index (χ4n) is 3.53. The molecule has 7 nitrogen and oxygen atoms in total. The fraction of sp³-hybridized carbons (Fsp3) is 0.227. The first-order chi connectivity index (χ1) is 14.1. The van der Waals surface area contributed by atoms with Crippen LogP contribution in [0.1, 0.15) is 5.56 Å². The summed E-state index contributed by atoms with van der Waals surface area (Å²) in [6.07, 6.45) is 3.75. The number of fused-ring (bicyclic) bond motifs is 2. The Labute approximate surface area is 167 Å². The third kappa shape index (κ3) is 3.77. The summed E-state index contributed by atoms with van der Waals surface area (Å²) in [4.78, 5) is 29.6. The van der Waals surface area contributed by atoms with E-state index in [1.54, 1.807) is 25.3 Å². The lowest BCUT2D eigenvalue weighted by molar-refractivity contribution is -0.115. The minimum absolute atomic E-state index is 0.135. The Bertz CT molecular complexity index is 1260. The lowest BCUT2D eigenvalue weighted by Crippen LogP contribution is -2.23. The quantitative estimate of drug-likeness (QED) is 0.549. The van der Waals surface area contributed by atoms with E-state index in [0.717, 1.165) is 16.5 Å². The second-order valence-electron chi connectivity index (χ2n) is 6.98. The first kappa shape index (κ1) is 18.9. The molecule has 0 fully saturated rings. The van der Waals surface area contributed by atoms with Gasteiger partial charge in [0.1, 0.15) is 0 Å². The number of hydrogen-bond donors (Lipinski definition) is 1. The van der Waals surface area contributed by atoms with E-state index in [1.807, 2.05) is 42.1 Å². The van der Waals surface area contributed by atoms with Crippen LogP contribution in [-0.2, 0) is 29.5 Å². The number of aromatic nitrogens is 3. The molecular formula is C22H22N4O3. The second-order valence-corrected chi connectivity index (χ2v) is 6.98. The molecule has 0 saturated carbocycles. The molecule has 2 heterocycles. The maximum absolute atomic E-state index is 12.7. The number of nitrogens with zero attached hydrogens (tertiary/aromatic N) is 3. The van der Waals surface area contributed by atoms with Gasteiger partial charge in [0.05, 0.1) is 36.8 Å². The highest BCUT2D eigenvalue weighted by atomic mass is 16.5. The first-order valence-electron chi connectivity index (χ1n) is 9.38. The number of amides is 1. The number of rotatable bonds is 6. The number of nitrogens with one attached hydrogen (secondary N) is 1. The normalized spacial score (nSPS) is 11.2. The SMILES string of the molecule is COCCn1cnc2ccc(NC(=O)Cc3cn(C)c4ccccc34)cc2c1=O. The summed E-state index contributed by atoms with van der Waals surface area (Å²) < 4.78 is 8.56. The summed E-state index contributed by atoms with van der Waals surface area (Å²) in [6.45, 7) is 0.852. The molecule has 0 saturated heterocycles. The molecule has 2 aromatic carbocycles. The largest absolute Gasteiger partial charge is 0.383 e. The van der Waals surface area contributed by atoms with E-state index >= 15 is 0 Å². The molecule has 7 heteroatoms. The van der Waals surface area contributed by atoms with Gasteiger partial charge < -0.3 is 14.6 Å². The fourth-order valence-corrected chi connectivity index (χ4v) is 3.53. The van der Waals surface area contributed by atoms with Crippen LogP contribution in [0.3, 0.4) is 0 Å². The molecule has 2 aromatic heterocycles. The van der Waals surface area contributed by atoms with E-state index in [-0.39, 0.29) is 17.9 Å². The van der Waals surface area contributed by atoms with Crippen LogP contribution in [0.15, 0.2) is 59.8 Å². The molecule has 4 aromatic rings. The van der Waals surface area contributed by atoms with Gasteiger partial charge in [-0.3, -0.25) is 14.2 Å². The molecule has 148 valence electrons. The highest BCUT2D eigenvalue weighted by molar-refractivity contribution is 5.97. The molecule has 0 aliphatic carbocycles. The van der Waals surface area contributed by atoms with Crippen molar-refractivity contribution in [3.8, 4) is 0 Å². The summed E-state index contributed by atoms with van der Waals surface area (Å²) in [5.74, 6) is -0.135. The van der Waals surface area contributed by atoms with Crippen molar-refractivity contribution in [1.29, 1.82) is 0 Å². The minimum atomic E-state index is -0.155. The van der Waals surface area contributed by atoms with Crippen molar-refractivity contribution in [2.24, 2.45) is 7.05 Å². The summed E-state index contributed by atoms with van der Waals surface area (Å²) in [5, 5.41) is 4.43. The van der Waals surface area contributed by atoms with Gasteiger partial charge in [0, 0.05) is 36.9 Å². The van der Waals surface area contributed by atoms with Crippen molar-refractivity contribution in [2.75, 3.05) is 19.0 Å². The van der Waals surface area contributed by atoms with Crippen molar-refractivity contribution >= 4 is 33.4 Å². The Hall–Kier alpha value is -3.45. The zero-order chi connectivity index (χ0) is 20.4. The van der Waals surface area contributed by atoms with Gasteiger partial charge in [0.25, 0.3) is 5.56 Å². The molecule has 0 aliphatic rings. The number of methoxy groups -OCH3 is 1. The van der Waals surface area contributed by atoms with Gasteiger partial charge in [-0.05, 0) is 29.8 Å². The van der Waals surface area contributed by atoms with E-state index in [2.05, 4.69) is 10.3 Å². The predicted molar refractivity (Wildman–Crippen MR) is 113 cm³/mol. The third-order valence-corrected chi connectivity index (χ3v) is 4.97. The van der Waals surface area contributed by atoms with Gasteiger partial charge in [-0.1, -0.05) is 18.2 Å². The van der Waals surface area contributed by atoms with E-state index in [0.29, 0.717) is 29.7 Å². The zero-order valence-electron chi connectivity index (χ0n) is 16.4. The van der Waals surface area contributed by atoms with Crippen LogP contribution in [0.5, 0.6) is 0 Å². The lowest BCUT2D eigenvalue weighted by atomic mass is 10.1. The Morgan fingerprint density at radius 1 is 1.17 bits per heavy atom.